The minimum absolute atomic E-state index is 0.0708. The molecule has 2 N–H and O–H groups in total. The van der Waals surface area contributed by atoms with E-state index in [4.69, 9.17) is 4.74 Å². The highest BCUT2D eigenvalue weighted by Crippen LogP contribution is 2.25. The van der Waals surface area contributed by atoms with Crippen LogP contribution in [0, 0.1) is 5.92 Å². The van der Waals surface area contributed by atoms with Crippen molar-refractivity contribution in [1.29, 1.82) is 0 Å². The van der Waals surface area contributed by atoms with Gasteiger partial charge in [0.05, 0.1) is 24.6 Å². The maximum absolute atomic E-state index is 13.1. The Bertz CT molecular complexity index is 807. The summed E-state index contributed by atoms with van der Waals surface area (Å²) < 4.78 is 5.16. The average Bonchev–Trinajstić information content (AvgIpc) is 2.74. The first-order chi connectivity index (χ1) is 14.5. The molecule has 7 heteroatoms. The van der Waals surface area contributed by atoms with Crippen LogP contribution in [-0.2, 0) is 32.1 Å². The molecule has 3 atom stereocenters. The highest BCUT2D eigenvalue weighted by molar-refractivity contribution is 5.86. The largest absolute Gasteiger partial charge is 0.463 e. The van der Waals surface area contributed by atoms with Gasteiger partial charge in [-0.3, -0.25) is 14.4 Å². The van der Waals surface area contributed by atoms with Gasteiger partial charge in [0, 0.05) is 19.4 Å². The lowest BCUT2D eigenvalue weighted by atomic mass is 9.92. The molecule has 0 spiro atoms. The second-order valence-corrected chi connectivity index (χ2v) is 8.07. The highest BCUT2D eigenvalue weighted by Gasteiger charge is 2.32. The molecule has 2 heterocycles. The predicted molar refractivity (Wildman–Crippen MR) is 111 cm³/mol. The summed E-state index contributed by atoms with van der Waals surface area (Å²) in [4.78, 5) is 39.2. The molecule has 3 rings (SSSR count). The average molecular weight is 415 g/mol. The number of fused-ring (bicyclic) bond motifs is 1. The molecule has 2 amide bonds. The van der Waals surface area contributed by atoms with E-state index in [9.17, 15) is 19.5 Å². The smallest absolute Gasteiger partial charge is 0.306 e. The number of esters is 1. The summed E-state index contributed by atoms with van der Waals surface area (Å²) in [6.07, 6.45) is 5.65. The third-order valence-electron chi connectivity index (χ3n) is 5.66. The molecule has 0 saturated heterocycles. The molecular formula is C23H30N2O5. The quantitative estimate of drug-likeness (QED) is 0.580. The van der Waals surface area contributed by atoms with E-state index < -0.39 is 5.92 Å². The van der Waals surface area contributed by atoms with Crippen LogP contribution >= 0.6 is 0 Å². The Morgan fingerprint density at radius 2 is 2.00 bits per heavy atom. The number of nitrogens with zero attached hydrogens (tertiary/aromatic N) is 1. The van der Waals surface area contributed by atoms with Crippen molar-refractivity contribution in [3.63, 3.8) is 0 Å². The molecular weight excluding hydrogens is 384 g/mol. The topological polar surface area (TPSA) is 95.9 Å². The van der Waals surface area contributed by atoms with E-state index in [0.29, 0.717) is 32.2 Å². The molecule has 0 bridgehead atoms. The van der Waals surface area contributed by atoms with E-state index in [2.05, 4.69) is 5.32 Å². The summed E-state index contributed by atoms with van der Waals surface area (Å²) in [5.41, 5.74) is 2.23. The van der Waals surface area contributed by atoms with Gasteiger partial charge in [0.2, 0.25) is 11.8 Å². The number of carbonyl (C=O) groups is 3. The molecule has 0 aliphatic carbocycles. The zero-order valence-corrected chi connectivity index (χ0v) is 17.4. The molecule has 0 fully saturated rings. The summed E-state index contributed by atoms with van der Waals surface area (Å²) in [6.45, 7) is 2.22. The Hall–Kier alpha value is -2.67. The third kappa shape index (κ3) is 5.69. The maximum atomic E-state index is 13.1. The number of amides is 2. The first-order valence-corrected chi connectivity index (χ1v) is 10.6. The van der Waals surface area contributed by atoms with E-state index in [1.54, 1.807) is 11.8 Å². The second kappa shape index (κ2) is 10.4. The van der Waals surface area contributed by atoms with Crippen LogP contribution in [0.5, 0.6) is 0 Å². The fourth-order valence-corrected chi connectivity index (χ4v) is 3.93. The first kappa shape index (κ1) is 22.0. The number of cyclic esters (lactones) is 1. The lowest BCUT2D eigenvalue weighted by molar-refractivity contribution is -0.145. The van der Waals surface area contributed by atoms with Crippen LogP contribution in [0.15, 0.2) is 36.4 Å². The van der Waals surface area contributed by atoms with Crippen LogP contribution in [0.2, 0.25) is 0 Å². The molecule has 2 aliphatic heterocycles. The molecule has 1 aromatic rings. The summed E-state index contributed by atoms with van der Waals surface area (Å²) in [5, 5.41) is 12.7. The minimum atomic E-state index is -0.511. The summed E-state index contributed by atoms with van der Waals surface area (Å²) in [7, 11) is 0. The van der Waals surface area contributed by atoms with Gasteiger partial charge in [-0.1, -0.05) is 36.4 Å². The van der Waals surface area contributed by atoms with Crippen molar-refractivity contribution < 1.29 is 24.2 Å². The van der Waals surface area contributed by atoms with Crippen molar-refractivity contribution in [3.8, 4) is 0 Å². The van der Waals surface area contributed by atoms with Crippen molar-refractivity contribution in [2.75, 3.05) is 13.2 Å². The van der Waals surface area contributed by atoms with Crippen LogP contribution in [-0.4, -0.2) is 53.1 Å². The lowest BCUT2D eigenvalue weighted by Crippen LogP contribution is -2.48. The molecule has 0 radical (unpaired) electrons. The van der Waals surface area contributed by atoms with E-state index in [-0.39, 0.29) is 49.5 Å². The third-order valence-corrected chi connectivity index (χ3v) is 5.66. The summed E-state index contributed by atoms with van der Waals surface area (Å²) in [5.74, 6) is -1.16. The highest BCUT2D eigenvalue weighted by atomic mass is 16.5. The van der Waals surface area contributed by atoms with Gasteiger partial charge in [-0.2, -0.15) is 0 Å². The molecule has 3 unspecified atom stereocenters. The van der Waals surface area contributed by atoms with Gasteiger partial charge in [0.1, 0.15) is 6.61 Å². The van der Waals surface area contributed by atoms with Crippen LogP contribution in [0.25, 0.3) is 0 Å². The number of aliphatic hydroxyl groups excluding tert-OH is 1. The Kier molecular flexibility index (Phi) is 7.63. The van der Waals surface area contributed by atoms with Gasteiger partial charge >= 0.3 is 5.97 Å². The van der Waals surface area contributed by atoms with Gasteiger partial charge < -0.3 is 20.1 Å². The summed E-state index contributed by atoms with van der Waals surface area (Å²) >= 11 is 0. The molecule has 2 aliphatic rings. The van der Waals surface area contributed by atoms with Crippen molar-refractivity contribution in [2.45, 2.75) is 57.7 Å². The van der Waals surface area contributed by atoms with Crippen LogP contribution < -0.4 is 5.32 Å². The number of aliphatic hydroxyl groups is 1. The van der Waals surface area contributed by atoms with Gasteiger partial charge in [-0.05, 0) is 37.3 Å². The Morgan fingerprint density at radius 3 is 2.77 bits per heavy atom. The standard InChI is InChI=1S/C23H30N2O5/c1-16-15-30-22(28)10-4-2-3-8-18(23(29)24-16)12-21(27)25-13-19-9-6-5-7-17(19)11-20(25)14-26/h2-3,5-7,9,16,18,20,26H,4,8,10-15H2,1H3,(H,24,29). The van der Waals surface area contributed by atoms with Gasteiger partial charge in [0.15, 0.2) is 0 Å². The zero-order chi connectivity index (χ0) is 21.5. The molecule has 0 aromatic heterocycles. The molecule has 162 valence electrons. The zero-order valence-electron chi connectivity index (χ0n) is 17.4. The molecule has 0 saturated carbocycles. The van der Waals surface area contributed by atoms with E-state index in [1.807, 2.05) is 36.4 Å². The van der Waals surface area contributed by atoms with Crippen molar-refractivity contribution in [1.82, 2.24) is 10.2 Å². The lowest BCUT2D eigenvalue weighted by Gasteiger charge is -2.36. The van der Waals surface area contributed by atoms with Crippen LogP contribution in [0.1, 0.15) is 43.7 Å². The van der Waals surface area contributed by atoms with E-state index in [1.165, 1.54) is 0 Å². The fourth-order valence-electron chi connectivity index (χ4n) is 3.93. The number of rotatable bonds is 3. The first-order valence-electron chi connectivity index (χ1n) is 10.6. The molecule has 30 heavy (non-hydrogen) atoms. The van der Waals surface area contributed by atoms with Gasteiger partial charge in [-0.15, -0.1) is 0 Å². The summed E-state index contributed by atoms with van der Waals surface area (Å²) in [6, 6.07) is 7.33. The number of ether oxygens (including phenoxy) is 1. The normalized spacial score (nSPS) is 25.4. The number of hydrogen-bond donors (Lipinski definition) is 2. The molecule has 1 aromatic carbocycles. The SMILES string of the molecule is CC1COC(=O)CCC=CCC(CC(=O)N2Cc3ccccc3CC2CO)C(=O)N1. The monoisotopic (exact) mass is 414 g/mol. The Labute approximate surface area is 177 Å². The number of allylic oxidation sites excluding steroid dienone is 2. The number of carbonyl (C=O) groups excluding carboxylic acids is 3. The number of nitrogens with one attached hydrogen (secondary N) is 1. The van der Waals surface area contributed by atoms with E-state index >= 15 is 0 Å². The maximum Gasteiger partial charge on any atom is 0.306 e. The van der Waals surface area contributed by atoms with Crippen LogP contribution in [0.3, 0.4) is 0 Å². The van der Waals surface area contributed by atoms with Crippen LogP contribution in [0.4, 0.5) is 0 Å². The van der Waals surface area contributed by atoms with Gasteiger partial charge in [0.25, 0.3) is 0 Å². The predicted octanol–water partition coefficient (Wildman–Crippen LogP) is 1.73. The fraction of sp³-hybridized carbons (Fsp3) is 0.522. The number of hydrogen-bond acceptors (Lipinski definition) is 5. The van der Waals surface area contributed by atoms with Gasteiger partial charge in [-0.25, -0.2) is 0 Å². The number of benzene rings is 1. The van der Waals surface area contributed by atoms with Crippen molar-refractivity contribution in [2.24, 2.45) is 5.92 Å². The minimum Gasteiger partial charge on any atom is -0.463 e. The Balaban J connectivity index is 1.71. The van der Waals surface area contributed by atoms with E-state index in [0.717, 1.165) is 11.1 Å². The van der Waals surface area contributed by atoms with Crippen molar-refractivity contribution in [3.05, 3.63) is 47.5 Å². The van der Waals surface area contributed by atoms with Crippen molar-refractivity contribution >= 4 is 17.8 Å². The Morgan fingerprint density at radius 1 is 1.23 bits per heavy atom. The molecule has 7 nitrogen and oxygen atoms in total. The second-order valence-electron chi connectivity index (χ2n) is 8.07.